The van der Waals surface area contributed by atoms with Gasteiger partial charge in [0.2, 0.25) is 0 Å². The Labute approximate surface area is 94.3 Å². The third kappa shape index (κ3) is 3.21. The van der Waals surface area contributed by atoms with Gasteiger partial charge in [-0.1, -0.05) is 32.6 Å². The minimum absolute atomic E-state index is 0.0102. The van der Waals surface area contributed by atoms with Crippen molar-refractivity contribution in [3.63, 3.8) is 0 Å². The fourth-order valence-corrected chi connectivity index (χ4v) is 3.10. The van der Waals surface area contributed by atoms with Gasteiger partial charge in [-0.2, -0.15) is 0 Å². The van der Waals surface area contributed by atoms with Crippen molar-refractivity contribution in [1.82, 2.24) is 0 Å². The summed E-state index contributed by atoms with van der Waals surface area (Å²) >= 11 is 0. The van der Waals surface area contributed by atoms with Crippen LogP contribution in [-0.4, -0.2) is 11.2 Å². The summed E-state index contributed by atoms with van der Waals surface area (Å²) in [7, 11) is 0. The molecule has 1 unspecified atom stereocenters. The first-order valence-electron chi connectivity index (χ1n) is 6.96. The maximum absolute atomic E-state index is 9.88. The maximum atomic E-state index is 9.88. The molecule has 2 rings (SSSR count). The molecule has 0 aromatic heterocycles. The van der Waals surface area contributed by atoms with E-state index in [0.29, 0.717) is 0 Å². The molecule has 1 heteroatoms. The molecule has 0 saturated heterocycles. The first-order chi connectivity index (χ1) is 7.28. The van der Waals surface area contributed by atoms with Crippen molar-refractivity contribution in [2.24, 2.45) is 17.8 Å². The summed E-state index contributed by atoms with van der Waals surface area (Å²) in [6.07, 6.45) is 11.8. The molecule has 0 aliphatic heterocycles. The molecule has 2 aliphatic rings. The zero-order valence-corrected chi connectivity index (χ0v) is 10.1. The summed E-state index contributed by atoms with van der Waals surface area (Å²) in [5.74, 6) is 2.83. The number of hydrogen-bond donors (Lipinski definition) is 1. The van der Waals surface area contributed by atoms with E-state index in [-0.39, 0.29) is 6.10 Å². The largest absolute Gasteiger partial charge is 0.393 e. The van der Waals surface area contributed by atoms with Crippen LogP contribution in [0.15, 0.2) is 0 Å². The first kappa shape index (κ1) is 11.4. The van der Waals surface area contributed by atoms with Crippen LogP contribution in [0.25, 0.3) is 0 Å². The van der Waals surface area contributed by atoms with Gasteiger partial charge in [0.1, 0.15) is 0 Å². The number of hydrogen-bond acceptors (Lipinski definition) is 1. The summed E-state index contributed by atoms with van der Waals surface area (Å²) in [4.78, 5) is 0. The highest BCUT2D eigenvalue weighted by Gasteiger charge is 2.28. The van der Waals surface area contributed by atoms with Gasteiger partial charge in [-0.15, -0.1) is 0 Å². The van der Waals surface area contributed by atoms with Gasteiger partial charge in [0.25, 0.3) is 0 Å². The lowest BCUT2D eigenvalue weighted by Gasteiger charge is -2.35. The molecule has 2 saturated carbocycles. The quantitative estimate of drug-likeness (QED) is 0.708. The van der Waals surface area contributed by atoms with Crippen molar-refractivity contribution >= 4 is 0 Å². The zero-order valence-electron chi connectivity index (χ0n) is 10.1. The van der Waals surface area contributed by atoms with Crippen molar-refractivity contribution in [2.45, 2.75) is 70.8 Å². The van der Waals surface area contributed by atoms with Crippen LogP contribution >= 0.6 is 0 Å². The molecular weight excluding hydrogens is 184 g/mol. The van der Waals surface area contributed by atoms with Crippen molar-refractivity contribution in [3.8, 4) is 0 Å². The lowest BCUT2D eigenvalue weighted by Crippen LogP contribution is -2.25. The average molecular weight is 210 g/mol. The van der Waals surface area contributed by atoms with Crippen LogP contribution in [0, 0.1) is 17.8 Å². The second-order valence-corrected chi connectivity index (χ2v) is 5.88. The highest BCUT2D eigenvalue weighted by Crippen LogP contribution is 2.39. The van der Waals surface area contributed by atoms with Crippen LogP contribution in [0.5, 0.6) is 0 Å². The lowest BCUT2D eigenvalue weighted by atomic mass is 9.71. The molecule has 0 bridgehead atoms. The smallest absolute Gasteiger partial charge is 0.0543 e. The van der Waals surface area contributed by atoms with E-state index in [1.165, 1.54) is 44.9 Å². The van der Waals surface area contributed by atoms with E-state index in [1.807, 2.05) is 0 Å². The molecule has 2 fully saturated rings. The van der Waals surface area contributed by atoms with E-state index in [9.17, 15) is 5.11 Å². The predicted molar refractivity (Wildman–Crippen MR) is 63.7 cm³/mol. The van der Waals surface area contributed by atoms with Crippen molar-refractivity contribution in [3.05, 3.63) is 0 Å². The fraction of sp³-hybridized carbons (Fsp3) is 1.00. The number of aliphatic hydroxyl groups excluding tert-OH is 1. The summed E-state index contributed by atoms with van der Waals surface area (Å²) in [5, 5.41) is 9.88. The molecule has 1 N–H and O–H groups in total. The summed E-state index contributed by atoms with van der Waals surface area (Å²) < 4.78 is 0. The zero-order chi connectivity index (χ0) is 10.7. The Morgan fingerprint density at radius 1 is 1.13 bits per heavy atom. The molecule has 88 valence electrons. The Kier molecular flexibility index (Phi) is 4.07. The van der Waals surface area contributed by atoms with Crippen molar-refractivity contribution in [1.29, 1.82) is 0 Å². The van der Waals surface area contributed by atoms with Crippen molar-refractivity contribution < 1.29 is 5.11 Å². The lowest BCUT2D eigenvalue weighted by molar-refractivity contribution is 0.0873. The Morgan fingerprint density at radius 3 is 2.40 bits per heavy atom. The third-order valence-electron chi connectivity index (χ3n) is 4.65. The van der Waals surface area contributed by atoms with Gasteiger partial charge in [0.05, 0.1) is 6.10 Å². The SMILES string of the molecule is CCC1CC(CCC(O)CC2CCC2)C1. The van der Waals surface area contributed by atoms with E-state index in [1.54, 1.807) is 0 Å². The molecule has 0 amide bonds. The molecule has 1 atom stereocenters. The highest BCUT2D eigenvalue weighted by molar-refractivity contribution is 4.80. The summed E-state index contributed by atoms with van der Waals surface area (Å²) in [6.45, 7) is 2.30. The molecule has 2 aliphatic carbocycles. The standard InChI is InChI=1S/C14H26O/c1-2-11-8-13(9-11)6-7-14(15)10-12-4-3-5-12/h11-15H,2-10H2,1H3. The number of aliphatic hydroxyl groups is 1. The molecule has 1 nitrogen and oxygen atoms in total. The van der Waals surface area contributed by atoms with Gasteiger partial charge in [-0.05, 0) is 49.9 Å². The highest BCUT2D eigenvalue weighted by atomic mass is 16.3. The predicted octanol–water partition coefficient (Wildman–Crippen LogP) is 3.75. The summed E-state index contributed by atoms with van der Waals surface area (Å²) in [5.41, 5.74) is 0. The fourth-order valence-electron chi connectivity index (χ4n) is 3.10. The minimum Gasteiger partial charge on any atom is -0.393 e. The van der Waals surface area contributed by atoms with Gasteiger partial charge in [-0.25, -0.2) is 0 Å². The van der Waals surface area contributed by atoms with Crippen LogP contribution in [0.2, 0.25) is 0 Å². The van der Waals surface area contributed by atoms with Gasteiger partial charge in [0, 0.05) is 0 Å². The first-order valence-corrected chi connectivity index (χ1v) is 6.96. The monoisotopic (exact) mass is 210 g/mol. The van der Waals surface area contributed by atoms with E-state index >= 15 is 0 Å². The van der Waals surface area contributed by atoms with Gasteiger partial charge < -0.3 is 5.11 Å². The van der Waals surface area contributed by atoms with E-state index in [2.05, 4.69) is 6.92 Å². The Balaban J connectivity index is 1.50. The molecule has 0 aromatic carbocycles. The van der Waals surface area contributed by atoms with Gasteiger partial charge in [-0.3, -0.25) is 0 Å². The van der Waals surface area contributed by atoms with E-state index in [4.69, 9.17) is 0 Å². The molecule has 0 heterocycles. The van der Waals surface area contributed by atoms with Crippen LogP contribution in [0.3, 0.4) is 0 Å². The van der Waals surface area contributed by atoms with E-state index in [0.717, 1.165) is 30.6 Å². The summed E-state index contributed by atoms with van der Waals surface area (Å²) in [6, 6.07) is 0. The van der Waals surface area contributed by atoms with Crippen LogP contribution in [0.4, 0.5) is 0 Å². The van der Waals surface area contributed by atoms with Gasteiger partial charge >= 0.3 is 0 Å². The van der Waals surface area contributed by atoms with Gasteiger partial charge in [0.15, 0.2) is 0 Å². The topological polar surface area (TPSA) is 20.2 Å². The maximum Gasteiger partial charge on any atom is 0.0543 e. The number of rotatable bonds is 6. The molecule has 0 spiro atoms. The molecular formula is C14H26O. The van der Waals surface area contributed by atoms with Crippen molar-refractivity contribution in [2.75, 3.05) is 0 Å². The second-order valence-electron chi connectivity index (χ2n) is 5.88. The Bertz CT molecular complexity index is 180. The Morgan fingerprint density at radius 2 is 1.87 bits per heavy atom. The average Bonchev–Trinajstić information content (AvgIpc) is 2.09. The molecule has 0 aromatic rings. The second kappa shape index (κ2) is 5.34. The van der Waals surface area contributed by atoms with Crippen LogP contribution < -0.4 is 0 Å². The normalized spacial score (nSPS) is 33.2. The van der Waals surface area contributed by atoms with E-state index < -0.39 is 0 Å². The minimum atomic E-state index is 0.0102. The Hall–Kier alpha value is -0.0400. The van der Waals surface area contributed by atoms with Crippen LogP contribution in [-0.2, 0) is 0 Å². The molecule has 0 radical (unpaired) electrons. The van der Waals surface area contributed by atoms with Crippen LogP contribution in [0.1, 0.15) is 64.7 Å². The third-order valence-corrected chi connectivity index (χ3v) is 4.65. The molecule has 15 heavy (non-hydrogen) atoms.